The highest BCUT2D eigenvalue weighted by atomic mass is 32.1. The van der Waals surface area contributed by atoms with Gasteiger partial charge in [0, 0.05) is 30.2 Å². The number of hydrogen-bond acceptors (Lipinski definition) is 2. The minimum atomic E-state index is 0.440. The maximum atomic E-state index is 2.44. The lowest BCUT2D eigenvalue weighted by Gasteiger charge is -2.29. The van der Waals surface area contributed by atoms with Crippen molar-refractivity contribution >= 4 is 22.6 Å². The van der Waals surface area contributed by atoms with Crippen LogP contribution in [0.25, 0.3) is 16.7 Å². The number of rotatable bonds is 3. The van der Waals surface area contributed by atoms with Gasteiger partial charge in [0.15, 0.2) is 0 Å². The maximum absolute atomic E-state index is 2.44. The number of thiophene rings is 1. The van der Waals surface area contributed by atoms with Crippen molar-refractivity contribution in [2.75, 3.05) is 19.0 Å². The van der Waals surface area contributed by atoms with E-state index in [9.17, 15) is 0 Å². The zero-order valence-corrected chi connectivity index (χ0v) is 14.8. The SMILES string of the molecule is CN(C)c1ccccc1-c1csc(C2=CCCC(C)(C)C2)c1. The third-order valence-electron chi connectivity index (χ3n) is 4.49. The van der Waals surface area contributed by atoms with Gasteiger partial charge in [0.05, 0.1) is 0 Å². The summed E-state index contributed by atoms with van der Waals surface area (Å²) >= 11 is 1.89. The van der Waals surface area contributed by atoms with Gasteiger partial charge >= 0.3 is 0 Å². The van der Waals surface area contributed by atoms with Gasteiger partial charge in [0.25, 0.3) is 0 Å². The second-order valence-corrected chi connectivity index (χ2v) is 8.13. The average molecular weight is 311 g/mol. The van der Waals surface area contributed by atoms with Gasteiger partial charge in [-0.1, -0.05) is 38.1 Å². The molecule has 2 heteroatoms. The highest BCUT2D eigenvalue weighted by Gasteiger charge is 2.24. The Morgan fingerprint density at radius 2 is 1.91 bits per heavy atom. The molecule has 3 rings (SSSR count). The van der Waals surface area contributed by atoms with Crippen molar-refractivity contribution in [2.24, 2.45) is 5.41 Å². The fraction of sp³-hybridized carbons (Fsp3) is 0.400. The Morgan fingerprint density at radius 3 is 2.64 bits per heavy atom. The molecular formula is C20H25NS. The van der Waals surface area contributed by atoms with E-state index in [0.29, 0.717) is 5.41 Å². The maximum Gasteiger partial charge on any atom is 0.0441 e. The Kier molecular flexibility index (Phi) is 4.14. The number of benzene rings is 1. The van der Waals surface area contributed by atoms with Crippen molar-refractivity contribution in [1.29, 1.82) is 0 Å². The average Bonchev–Trinajstić information content (AvgIpc) is 2.96. The van der Waals surface area contributed by atoms with E-state index in [4.69, 9.17) is 0 Å². The molecule has 1 aliphatic carbocycles. The van der Waals surface area contributed by atoms with Crippen molar-refractivity contribution < 1.29 is 0 Å². The van der Waals surface area contributed by atoms with Crippen LogP contribution in [0, 0.1) is 5.41 Å². The Bertz CT molecular complexity index is 691. The summed E-state index contributed by atoms with van der Waals surface area (Å²) in [5.41, 5.74) is 5.93. The molecule has 0 N–H and O–H groups in total. The monoisotopic (exact) mass is 311 g/mol. The standard InChI is InChI=1S/C20H25NS/c1-20(2)11-7-8-15(13-20)19-12-16(14-22-19)17-9-5-6-10-18(17)21(3)4/h5-6,8-10,12,14H,7,11,13H2,1-4H3. The van der Waals surface area contributed by atoms with Crippen LogP contribution in [0.5, 0.6) is 0 Å². The van der Waals surface area contributed by atoms with Crippen LogP contribution >= 0.6 is 11.3 Å². The fourth-order valence-electron chi connectivity index (χ4n) is 3.25. The summed E-state index contributed by atoms with van der Waals surface area (Å²) in [6.07, 6.45) is 6.16. The summed E-state index contributed by atoms with van der Waals surface area (Å²) < 4.78 is 0. The first-order valence-corrected chi connectivity index (χ1v) is 8.89. The zero-order valence-electron chi connectivity index (χ0n) is 14.0. The Labute approximate surface area is 138 Å². The molecule has 0 aliphatic heterocycles. The fourth-order valence-corrected chi connectivity index (χ4v) is 4.21. The van der Waals surface area contributed by atoms with E-state index < -0.39 is 0 Å². The highest BCUT2D eigenvalue weighted by Crippen LogP contribution is 2.42. The van der Waals surface area contributed by atoms with E-state index >= 15 is 0 Å². The molecule has 0 amide bonds. The van der Waals surface area contributed by atoms with Gasteiger partial charge in [0.2, 0.25) is 0 Å². The summed E-state index contributed by atoms with van der Waals surface area (Å²) in [5.74, 6) is 0. The van der Waals surface area contributed by atoms with Gasteiger partial charge < -0.3 is 4.90 Å². The van der Waals surface area contributed by atoms with Crippen LogP contribution in [-0.2, 0) is 0 Å². The zero-order chi connectivity index (χ0) is 15.7. The smallest absolute Gasteiger partial charge is 0.0441 e. The van der Waals surface area contributed by atoms with Crippen LogP contribution < -0.4 is 4.90 Å². The van der Waals surface area contributed by atoms with E-state index in [1.807, 2.05) is 11.3 Å². The summed E-state index contributed by atoms with van der Waals surface area (Å²) in [6.45, 7) is 4.77. The topological polar surface area (TPSA) is 3.24 Å². The molecule has 0 bridgehead atoms. The van der Waals surface area contributed by atoms with E-state index in [-0.39, 0.29) is 0 Å². The summed E-state index contributed by atoms with van der Waals surface area (Å²) in [5, 5.41) is 2.31. The van der Waals surface area contributed by atoms with E-state index in [2.05, 4.69) is 74.6 Å². The third-order valence-corrected chi connectivity index (χ3v) is 5.50. The predicted octanol–water partition coefficient (Wildman–Crippen LogP) is 6.07. The van der Waals surface area contributed by atoms with Gasteiger partial charge in [-0.3, -0.25) is 0 Å². The third kappa shape index (κ3) is 3.12. The number of anilines is 1. The van der Waals surface area contributed by atoms with Crippen molar-refractivity contribution in [3.8, 4) is 11.1 Å². The molecule has 0 atom stereocenters. The molecule has 0 spiro atoms. The Morgan fingerprint density at radius 1 is 1.14 bits per heavy atom. The van der Waals surface area contributed by atoms with Crippen molar-refractivity contribution in [3.63, 3.8) is 0 Å². The van der Waals surface area contributed by atoms with Crippen LogP contribution in [0.15, 0.2) is 41.8 Å². The highest BCUT2D eigenvalue weighted by molar-refractivity contribution is 7.11. The second kappa shape index (κ2) is 5.92. The molecule has 1 aromatic carbocycles. The van der Waals surface area contributed by atoms with E-state index in [0.717, 1.165) is 0 Å². The lowest BCUT2D eigenvalue weighted by atomic mass is 9.77. The molecular weight excluding hydrogens is 286 g/mol. The molecule has 1 aliphatic rings. The molecule has 0 fully saturated rings. The van der Waals surface area contributed by atoms with Crippen molar-refractivity contribution in [2.45, 2.75) is 33.1 Å². The van der Waals surface area contributed by atoms with Gasteiger partial charge in [-0.15, -0.1) is 11.3 Å². The van der Waals surface area contributed by atoms with E-state index in [1.54, 1.807) is 0 Å². The lowest BCUT2D eigenvalue weighted by molar-refractivity contribution is 0.338. The molecule has 1 aromatic heterocycles. The predicted molar refractivity (Wildman–Crippen MR) is 99.7 cm³/mol. The second-order valence-electron chi connectivity index (χ2n) is 7.22. The molecule has 1 heterocycles. The van der Waals surface area contributed by atoms with Gasteiger partial charge in [-0.05, 0) is 53.3 Å². The first-order chi connectivity index (χ1) is 10.5. The molecule has 0 radical (unpaired) electrons. The molecule has 1 nitrogen and oxygen atoms in total. The van der Waals surface area contributed by atoms with Gasteiger partial charge in [-0.25, -0.2) is 0 Å². The Balaban J connectivity index is 1.94. The normalized spacial score (nSPS) is 17.2. The largest absolute Gasteiger partial charge is 0.377 e. The van der Waals surface area contributed by atoms with Crippen LogP contribution in [0.4, 0.5) is 5.69 Å². The molecule has 2 aromatic rings. The molecule has 0 saturated carbocycles. The van der Waals surface area contributed by atoms with Crippen LogP contribution in [0.3, 0.4) is 0 Å². The number of allylic oxidation sites excluding steroid dienone is 2. The first kappa shape index (κ1) is 15.4. The van der Waals surface area contributed by atoms with E-state index in [1.165, 1.54) is 46.5 Å². The van der Waals surface area contributed by atoms with Crippen molar-refractivity contribution in [1.82, 2.24) is 0 Å². The molecule has 0 unspecified atom stereocenters. The summed E-state index contributed by atoms with van der Waals surface area (Å²) in [7, 11) is 4.22. The summed E-state index contributed by atoms with van der Waals surface area (Å²) in [4.78, 5) is 3.63. The van der Waals surface area contributed by atoms with Gasteiger partial charge in [-0.2, -0.15) is 0 Å². The molecule has 116 valence electrons. The van der Waals surface area contributed by atoms with Crippen molar-refractivity contribution in [3.05, 3.63) is 46.7 Å². The molecule has 0 saturated heterocycles. The number of para-hydroxylation sites is 1. The number of hydrogen-bond donors (Lipinski definition) is 0. The van der Waals surface area contributed by atoms with Crippen LogP contribution in [-0.4, -0.2) is 14.1 Å². The Hall–Kier alpha value is -1.54. The van der Waals surface area contributed by atoms with Gasteiger partial charge in [0.1, 0.15) is 0 Å². The van der Waals surface area contributed by atoms with Crippen LogP contribution in [0.2, 0.25) is 0 Å². The summed E-state index contributed by atoms with van der Waals surface area (Å²) in [6, 6.07) is 11.0. The number of nitrogens with zero attached hydrogens (tertiary/aromatic N) is 1. The lowest BCUT2D eigenvalue weighted by Crippen LogP contribution is -2.14. The molecule has 22 heavy (non-hydrogen) atoms. The minimum absolute atomic E-state index is 0.440. The van der Waals surface area contributed by atoms with Crippen LogP contribution in [0.1, 0.15) is 38.0 Å². The first-order valence-electron chi connectivity index (χ1n) is 8.01. The minimum Gasteiger partial charge on any atom is -0.377 e. The quantitative estimate of drug-likeness (QED) is 0.664.